The number of hydrogen-bond acceptors (Lipinski definition) is 20. The van der Waals surface area contributed by atoms with Gasteiger partial charge in [-0.2, -0.15) is 19.4 Å². The summed E-state index contributed by atoms with van der Waals surface area (Å²) in [5.74, 6) is -4.45. The van der Waals surface area contributed by atoms with Gasteiger partial charge in [-0.25, -0.2) is 13.2 Å². The summed E-state index contributed by atoms with van der Waals surface area (Å²) in [6, 6.07) is 5.48. The van der Waals surface area contributed by atoms with Gasteiger partial charge in [-0.1, -0.05) is 0 Å². The zero-order valence-corrected chi connectivity index (χ0v) is 31.6. The van der Waals surface area contributed by atoms with E-state index in [1.54, 1.807) is 4.90 Å². The number of anilines is 3. The van der Waals surface area contributed by atoms with Gasteiger partial charge < -0.3 is 44.9 Å². The number of phenolic OH excluding ortho intramolecular Hbond substituents is 1. The first-order chi connectivity index (χ1) is 23.5. The number of aromatic amines is 1. The Morgan fingerprint density at radius 1 is 0.981 bits per heavy atom. The van der Waals surface area contributed by atoms with E-state index >= 15 is 0 Å². The minimum Gasteiger partial charge on any atom is -0.744 e. The number of piperazine rings is 1. The van der Waals surface area contributed by atoms with Crippen molar-refractivity contribution in [2.45, 2.75) is 35.7 Å². The van der Waals surface area contributed by atoms with Gasteiger partial charge in [0.25, 0.3) is 0 Å². The second kappa shape index (κ2) is 20.4. The monoisotopic (exact) mass is 756 g/mol. The topological polar surface area (TPSA) is 301 Å². The summed E-state index contributed by atoms with van der Waals surface area (Å²) in [7, 11) is -3.18. The number of nitrogens with one attached hydrogen (secondary N) is 2. The van der Waals surface area contributed by atoms with Crippen molar-refractivity contribution < 1.29 is 128 Å². The first kappa shape index (κ1) is 49.2. The Balaban J connectivity index is 0.00000364. The van der Waals surface area contributed by atoms with Crippen molar-refractivity contribution in [3.63, 3.8) is 0 Å². The van der Waals surface area contributed by atoms with Crippen LogP contribution in [-0.2, 0) is 19.5 Å². The normalized spacial score (nSPS) is 15.8. The van der Waals surface area contributed by atoms with Crippen molar-refractivity contribution in [3.8, 4) is 5.75 Å². The zero-order valence-electron chi connectivity index (χ0n) is 30.0. The second-order valence-corrected chi connectivity index (χ2v) is 13.2. The van der Waals surface area contributed by atoms with Crippen molar-refractivity contribution >= 4 is 73.8 Å². The van der Waals surface area contributed by atoms with Gasteiger partial charge in [-0.3, -0.25) is 14.9 Å². The Bertz CT molecular complexity index is 2190. The minimum atomic E-state index is -5.13. The number of carboxylic acids is 2. The van der Waals surface area contributed by atoms with E-state index in [4.69, 9.17) is 0 Å². The van der Waals surface area contributed by atoms with Gasteiger partial charge in [0.1, 0.15) is 15.8 Å². The fourth-order valence-corrected chi connectivity index (χ4v) is 6.22. The van der Waals surface area contributed by atoms with E-state index in [1.165, 1.54) is 0 Å². The molecule has 3 N–H and O–H groups in total. The molecule has 1 aliphatic rings. The smallest absolute Gasteiger partial charge is 0.744 e. The number of carbonyl (C=O) groups excluding carboxylic acids is 2. The van der Waals surface area contributed by atoms with Crippen molar-refractivity contribution in [1.82, 2.24) is 19.9 Å². The van der Waals surface area contributed by atoms with Crippen LogP contribution in [0, 0.1) is 0 Å². The number of carbonyl (C=O) groups is 2. The summed E-state index contributed by atoms with van der Waals surface area (Å²) < 4.78 is 40.8. The summed E-state index contributed by atoms with van der Waals surface area (Å²) in [6.07, 6.45) is 0. The molecule has 1 aliphatic heterocycles. The maximum atomic E-state index is 12.7. The molecular formula is C28H24Li4N8O12S2. The number of H-pyrrole nitrogens is 1. The van der Waals surface area contributed by atoms with Crippen LogP contribution in [0.25, 0.3) is 10.8 Å². The fourth-order valence-electron chi connectivity index (χ4n) is 5.19. The number of aromatic hydroxyl groups is 1. The molecule has 0 aliphatic carbocycles. The van der Waals surface area contributed by atoms with Crippen LogP contribution in [0.1, 0.15) is 34.6 Å². The van der Waals surface area contributed by atoms with E-state index in [0.29, 0.717) is 13.1 Å². The van der Waals surface area contributed by atoms with Crippen LogP contribution in [-0.4, -0.2) is 82.1 Å². The Morgan fingerprint density at radius 2 is 1.61 bits per heavy atom. The van der Waals surface area contributed by atoms with E-state index in [9.17, 15) is 47.9 Å². The van der Waals surface area contributed by atoms with Gasteiger partial charge in [0.2, 0.25) is 11.9 Å². The molecule has 0 radical (unpaired) electrons. The molecule has 3 aromatic carbocycles. The quantitative estimate of drug-likeness (QED) is 0.0320. The first-order valence-corrected chi connectivity index (χ1v) is 16.3. The molecule has 0 amide bonds. The Morgan fingerprint density at radius 3 is 2.19 bits per heavy atom. The van der Waals surface area contributed by atoms with Crippen molar-refractivity contribution in [1.29, 1.82) is 0 Å². The molecule has 0 spiro atoms. The van der Waals surface area contributed by atoms with Crippen LogP contribution in [0.4, 0.5) is 29.0 Å². The first-order valence-electron chi connectivity index (χ1n) is 14.2. The molecule has 26 heteroatoms. The number of azo groups is 1. The van der Waals surface area contributed by atoms with Crippen LogP contribution in [0.2, 0.25) is 0 Å². The number of hydrogen-bond donors (Lipinski definition) is 3. The van der Waals surface area contributed by atoms with E-state index in [2.05, 4.69) is 44.8 Å². The number of likely N-dealkylation sites (N-methyl/N-ethyl adjacent to an activating group) is 1. The largest absolute Gasteiger partial charge is 1.00 e. The van der Waals surface area contributed by atoms with E-state index in [0.717, 1.165) is 36.4 Å². The average molecular weight is 756 g/mol. The molecule has 2 unspecified atom stereocenters. The molecule has 0 bridgehead atoms. The summed E-state index contributed by atoms with van der Waals surface area (Å²) in [4.78, 5) is 49.2. The molecule has 20 nitrogen and oxygen atoms in total. The number of nitrogens with zero attached hydrogens (tertiary/aromatic N) is 6. The number of benzene rings is 3. The molecule has 5 rings (SSSR count). The third-order valence-corrected chi connectivity index (χ3v) is 9.09. The molecule has 1 saturated heterocycles. The second-order valence-electron chi connectivity index (χ2n) is 11.1. The Hall–Kier alpha value is -2.84. The zero-order chi connectivity index (χ0) is 36.5. The number of rotatable bonds is 11. The van der Waals surface area contributed by atoms with E-state index in [1.807, 2.05) is 20.9 Å². The standard InChI is InChI=1S/C28H28N8O12S2.4Li/c1-12-11-36(13(2)10-35(12)3)27-30-26(31-28(42)32-27)29-19-9-18(50(44,45)46)7-14-8-20(49-48-47-43)22(23(37)21(14)19)34-33-17-5-15(24(38)39)4-16(6-17)25(40)41;;;;/h4-9,12-13,37,43H,10-11H2,1-3H3,(H,38,39)(H,40,41)(H,44,45,46)(H2,29,30,31,32,42);;;;/q;4*+1/p-4. The molecular weight excluding hydrogens is 732 g/mol. The number of phenols is 1. The molecule has 2 atom stereocenters. The minimum absolute atomic E-state index is 0. The SMILES string of the molecule is CC1CN(c2nc(Nc3cc(S(=O)(=O)[O-])cc4cc(SOO[O-])c(N=Nc5cc(C(=O)[O-])cc(C(=O)[O-])c5)c(O)c34)[nH]c(=O)n2)C(C)CN1C.[Li+].[Li+].[Li+].[Li+]. The number of aromatic carboxylic acids is 2. The third kappa shape index (κ3) is 11.4. The molecule has 1 aromatic heterocycles. The van der Waals surface area contributed by atoms with Crippen molar-refractivity contribution in [3.05, 3.63) is 58.0 Å². The van der Waals surface area contributed by atoms with E-state index in [-0.39, 0.29) is 139 Å². The maximum absolute atomic E-state index is 12.7. The van der Waals surface area contributed by atoms with Crippen LogP contribution < -0.4 is 107 Å². The average Bonchev–Trinajstić information content (AvgIpc) is 3.03. The third-order valence-electron chi connectivity index (χ3n) is 7.66. The summed E-state index contributed by atoms with van der Waals surface area (Å²) in [6.45, 7) is 4.99. The van der Waals surface area contributed by atoms with E-state index < -0.39 is 55.2 Å². The predicted octanol–water partition coefficient (Wildman–Crippen LogP) is -12.4. The number of carboxylic acid groups (broad SMARTS) is 2. The Labute approximate surface area is 359 Å². The molecule has 4 aromatic rings. The van der Waals surface area contributed by atoms with Crippen molar-refractivity contribution in [2.24, 2.45) is 10.2 Å². The molecule has 54 heavy (non-hydrogen) atoms. The van der Waals surface area contributed by atoms with Gasteiger partial charge in [0.15, 0.2) is 5.75 Å². The molecule has 2 heterocycles. The number of aromatic nitrogens is 3. The van der Waals surface area contributed by atoms with Gasteiger partial charge in [-0.05, 0) is 62.7 Å². The van der Waals surface area contributed by atoms with Crippen LogP contribution in [0.5, 0.6) is 5.75 Å². The molecule has 0 saturated carbocycles. The predicted molar refractivity (Wildman–Crippen MR) is 166 cm³/mol. The molecule has 1 fully saturated rings. The van der Waals surface area contributed by atoms with Crippen molar-refractivity contribution in [2.75, 3.05) is 30.4 Å². The fraction of sp³-hybridized carbons (Fsp3) is 0.250. The van der Waals surface area contributed by atoms with Gasteiger partial charge in [0.05, 0.1) is 45.1 Å². The summed E-state index contributed by atoms with van der Waals surface area (Å²) >= 11 is 0.189. The van der Waals surface area contributed by atoms with Crippen LogP contribution in [0.15, 0.2) is 61.2 Å². The maximum Gasteiger partial charge on any atom is 1.00 e. The summed E-state index contributed by atoms with van der Waals surface area (Å²) in [5, 5.41) is 58.5. The van der Waals surface area contributed by atoms with Gasteiger partial charge >= 0.3 is 81.1 Å². The van der Waals surface area contributed by atoms with Crippen LogP contribution in [0.3, 0.4) is 0 Å². The molecule has 264 valence electrons. The number of fused-ring (bicyclic) bond motifs is 1. The van der Waals surface area contributed by atoms with Gasteiger partial charge in [-0.15, -0.1) is 5.11 Å². The van der Waals surface area contributed by atoms with Gasteiger partial charge in [0, 0.05) is 41.7 Å². The van der Waals surface area contributed by atoms with Crippen LogP contribution >= 0.6 is 12.0 Å². The Kier molecular flexibility index (Phi) is 18.5. The summed E-state index contributed by atoms with van der Waals surface area (Å²) in [5.41, 5.74) is -3.09.